The molecule has 0 saturated heterocycles. The average molecular weight is 347 g/mol. The van der Waals surface area contributed by atoms with Crippen LogP contribution in [0.1, 0.15) is 11.4 Å². The molecule has 0 spiro atoms. The van der Waals surface area contributed by atoms with Crippen molar-refractivity contribution in [2.75, 3.05) is 7.11 Å². The Morgan fingerprint density at radius 2 is 1.90 bits per heavy atom. The van der Waals surface area contributed by atoms with Crippen molar-refractivity contribution in [2.45, 2.75) is 13.1 Å². The molecule has 3 nitrogen and oxygen atoms in total. The summed E-state index contributed by atoms with van der Waals surface area (Å²) < 4.78 is 43.7. The van der Waals surface area contributed by atoms with Gasteiger partial charge in [0, 0.05) is 5.56 Å². The molecular formula is C13H10BrF3N2O. The highest BCUT2D eigenvalue weighted by Crippen LogP contribution is 2.36. The van der Waals surface area contributed by atoms with Crippen molar-refractivity contribution < 1.29 is 17.9 Å². The quantitative estimate of drug-likeness (QED) is 0.815. The highest BCUT2D eigenvalue weighted by atomic mass is 79.9. The van der Waals surface area contributed by atoms with Crippen molar-refractivity contribution in [1.29, 1.82) is 0 Å². The second-order valence-electron chi connectivity index (χ2n) is 4.02. The lowest BCUT2D eigenvalue weighted by molar-refractivity contribution is -0.137. The maximum atomic E-state index is 12.7. The summed E-state index contributed by atoms with van der Waals surface area (Å²) in [5.41, 5.74) is -0.0203. The van der Waals surface area contributed by atoms with E-state index in [9.17, 15) is 13.2 Å². The van der Waals surface area contributed by atoms with Crippen LogP contribution >= 0.6 is 15.9 Å². The Balaban J connectivity index is 2.60. The zero-order chi connectivity index (χ0) is 14.9. The van der Waals surface area contributed by atoms with Gasteiger partial charge in [-0.1, -0.05) is 12.1 Å². The van der Waals surface area contributed by atoms with Gasteiger partial charge in [0.05, 0.1) is 18.4 Å². The van der Waals surface area contributed by atoms with Gasteiger partial charge >= 0.3 is 6.18 Å². The van der Waals surface area contributed by atoms with Gasteiger partial charge in [0.25, 0.3) is 0 Å². The lowest BCUT2D eigenvalue weighted by Crippen LogP contribution is -2.05. The molecule has 0 aliphatic carbocycles. The normalized spacial score (nSPS) is 11.5. The van der Waals surface area contributed by atoms with Gasteiger partial charge < -0.3 is 4.74 Å². The zero-order valence-electron chi connectivity index (χ0n) is 10.6. The summed E-state index contributed by atoms with van der Waals surface area (Å²) in [5, 5.41) is 0. The molecule has 106 valence electrons. The largest absolute Gasteiger partial charge is 0.480 e. The van der Waals surface area contributed by atoms with Crippen LogP contribution in [0.5, 0.6) is 5.88 Å². The molecule has 0 aliphatic rings. The first-order chi connectivity index (χ1) is 9.32. The Bertz CT molecular complexity index is 644. The van der Waals surface area contributed by atoms with Crippen molar-refractivity contribution in [1.82, 2.24) is 9.97 Å². The first-order valence-electron chi connectivity index (χ1n) is 5.58. The second-order valence-corrected chi connectivity index (χ2v) is 4.81. The first kappa shape index (κ1) is 14.8. The van der Waals surface area contributed by atoms with E-state index >= 15 is 0 Å². The summed E-state index contributed by atoms with van der Waals surface area (Å²) in [7, 11) is 1.43. The van der Waals surface area contributed by atoms with Gasteiger partial charge in [-0.15, -0.1) is 0 Å². The van der Waals surface area contributed by atoms with E-state index in [-0.39, 0.29) is 5.88 Å². The maximum absolute atomic E-state index is 12.7. The third-order valence-electron chi connectivity index (χ3n) is 2.59. The van der Waals surface area contributed by atoms with Crippen molar-refractivity contribution in [3.05, 3.63) is 40.1 Å². The molecule has 0 N–H and O–H groups in total. The summed E-state index contributed by atoms with van der Waals surface area (Å²) in [4.78, 5) is 8.22. The number of nitrogens with zero attached hydrogens (tertiary/aromatic N) is 2. The topological polar surface area (TPSA) is 35.0 Å². The molecule has 0 saturated carbocycles. The Hall–Kier alpha value is -1.63. The molecule has 0 amide bonds. The molecule has 0 radical (unpaired) electrons. The standard InChI is InChI=1S/C13H10BrF3N2O/c1-7-18-11(10(14)12(19-7)20-2)8-4-3-5-9(6-8)13(15,16)17/h3-6H,1-2H3. The SMILES string of the molecule is COc1nc(C)nc(-c2cccc(C(F)(F)F)c2)c1Br. The van der Waals surface area contributed by atoms with E-state index in [4.69, 9.17) is 4.74 Å². The molecule has 0 fully saturated rings. The molecule has 0 bridgehead atoms. The van der Waals surface area contributed by atoms with Crippen molar-refractivity contribution in [3.63, 3.8) is 0 Å². The van der Waals surface area contributed by atoms with E-state index < -0.39 is 11.7 Å². The second kappa shape index (κ2) is 5.40. The van der Waals surface area contributed by atoms with Gasteiger partial charge in [0.2, 0.25) is 5.88 Å². The van der Waals surface area contributed by atoms with E-state index in [1.54, 1.807) is 13.0 Å². The van der Waals surface area contributed by atoms with Gasteiger partial charge in [0.15, 0.2) is 0 Å². The minimum atomic E-state index is -4.39. The Labute approximate surface area is 122 Å². The van der Waals surface area contributed by atoms with E-state index in [1.807, 2.05) is 0 Å². The number of hydrogen-bond acceptors (Lipinski definition) is 3. The molecule has 0 unspecified atom stereocenters. The van der Waals surface area contributed by atoms with Crippen LogP contribution < -0.4 is 4.74 Å². The van der Waals surface area contributed by atoms with Gasteiger partial charge in [-0.2, -0.15) is 18.2 Å². The van der Waals surface area contributed by atoms with E-state index in [1.165, 1.54) is 13.2 Å². The minimum absolute atomic E-state index is 0.282. The summed E-state index contributed by atoms with van der Waals surface area (Å²) in [6.45, 7) is 1.64. The van der Waals surface area contributed by atoms with E-state index in [0.29, 0.717) is 21.6 Å². The molecular weight excluding hydrogens is 337 g/mol. The molecule has 1 heterocycles. The highest BCUT2D eigenvalue weighted by molar-refractivity contribution is 9.10. The molecule has 2 rings (SSSR count). The van der Waals surface area contributed by atoms with Crippen LogP contribution in [0.3, 0.4) is 0 Å². The van der Waals surface area contributed by atoms with Crippen molar-refractivity contribution in [2.24, 2.45) is 0 Å². The first-order valence-corrected chi connectivity index (χ1v) is 6.38. The zero-order valence-corrected chi connectivity index (χ0v) is 12.2. The number of methoxy groups -OCH3 is 1. The fourth-order valence-corrected chi connectivity index (χ4v) is 2.27. The molecule has 1 aromatic carbocycles. The number of aryl methyl sites for hydroxylation is 1. The number of hydrogen-bond donors (Lipinski definition) is 0. The van der Waals surface area contributed by atoms with E-state index in [0.717, 1.165) is 12.1 Å². The fourth-order valence-electron chi connectivity index (χ4n) is 1.70. The van der Waals surface area contributed by atoms with Crippen LogP contribution in [-0.2, 0) is 6.18 Å². The molecule has 0 atom stereocenters. The Morgan fingerprint density at radius 3 is 2.50 bits per heavy atom. The van der Waals surface area contributed by atoms with Crippen molar-refractivity contribution >= 4 is 15.9 Å². The lowest BCUT2D eigenvalue weighted by atomic mass is 10.1. The number of alkyl halides is 3. The highest BCUT2D eigenvalue weighted by Gasteiger charge is 2.30. The molecule has 20 heavy (non-hydrogen) atoms. The van der Waals surface area contributed by atoms with Gasteiger partial charge in [0.1, 0.15) is 10.3 Å². The third kappa shape index (κ3) is 2.92. The molecule has 0 aliphatic heterocycles. The van der Waals surface area contributed by atoms with Crippen LogP contribution in [0.4, 0.5) is 13.2 Å². The van der Waals surface area contributed by atoms with Gasteiger partial charge in [-0.25, -0.2) is 4.98 Å². The monoisotopic (exact) mass is 346 g/mol. The van der Waals surface area contributed by atoms with Gasteiger partial charge in [-0.3, -0.25) is 0 Å². The average Bonchev–Trinajstić information content (AvgIpc) is 2.40. The predicted molar refractivity (Wildman–Crippen MR) is 71.5 cm³/mol. The fraction of sp³-hybridized carbons (Fsp3) is 0.231. The smallest absolute Gasteiger partial charge is 0.416 e. The van der Waals surface area contributed by atoms with Crippen LogP contribution in [0.15, 0.2) is 28.7 Å². The summed E-state index contributed by atoms with van der Waals surface area (Å²) in [6.07, 6.45) is -4.39. The third-order valence-corrected chi connectivity index (χ3v) is 3.30. The van der Waals surface area contributed by atoms with Gasteiger partial charge in [-0.05, 0) is 35.0 Å². The predicted octanol–water partition coefficient (Wildman–Crippen LogP) is 4.24. The molecule has 2 aromatic rings. The number of ether oxygens (including phenoxy) is 1. The van der Waals surface area contributed by atoms with Crippen LogP contribution in [0.25, 0.3) is 11.3 Å². The van der Waals surface area contributed by atoms with Crippen molar-refractivity contribution in [3.8, 4) is 17.1 Å². The van der Waals surface area contributed by atoms with E-state index in [2.05, 4.69) is 25.9 Å². The van der Waals surface area contributed by atoms with Crippen LogP contribution in [0.2, 0.25) is 0 Å². The van der Waals surface area contributed by atoms with Crippen LogP contribution in [0, 0.1) is 6.92 Å². The molecule has 7 heteroatoms. The lowest BCUT2D eigenvalue weighted by Gasteiger charge is -2.11. The Kier molecular flexibility index (Phi) is 3.99. The number of halogens is 4. The number of rotatable bonds is 2. The minimum Gasteiger partial charge on any atom is -0.480 e. The van der Waals surface area contributed by atoms with Crippen LogP contribution in [-0.4, -0.2) is 17.1 Å². The summed E-state index contributed by atoms with van der Waals surface area (Å²) >= 11 is 3.26. The summed E-state index contributed by atoms with van der Waals surface area (Å²) in [6, 6.07) is 4.96. The number of benzene rings is 1. The Morgan fingerprint density at radius 1 is 1.20 bits per heavy atom. The number of aromatic nitrogens is 2. The molecule has 1 aromatic heterocycles. The maximum Gasteiger partial charge on any atom is 0.416 e. The summed E-state index contributed by atoms with van der Waals surface area (Å²) in [5.74, 6) is 0.697.